The van der Waals surface area contributed by atoms with Crippen molar-refractivity contribution >= 4 is 28.9 Å². The van der Waals surface area contributed by atoms with Crippen molar-refractivity contribution in [3.8, 4) is 0 Å². The summed E-state index contributed by atoms with van der Waals surface area (Å²) in [6, 6.07) is 5.37. The average Bonchev–Trinajstić information content (AvgIpc) is 3.17. The molecule has 1 aromatic heterocycles. The molecule has 8 nitrogen and oxygen atoms in total. The first-order chi connectivity index (χ1) is 15.0. The molecular formula is C19H17F4N5O3S. The lowest BCUT2D eigenvalue weighted by Crippen LogP contribution is -2.65. The van der Waals surface area contributed by atoms with Crippen LogP contribution in [0, 0.1) is 11.2 Å². The number of anilines is 1. The van der Waals surface area contributed by atoms with Gasteiger partial charge in [-0.2, -0.15) is 17.5 Å². The monoisotopic (exact) mass is 471 g/mol. The van der Waals surface area contributed by atoms with Gasteiger partial charge in [-0.25, -0.2) is 4.39 Å². The molecule has 4 rings (SSSR count). The lowest BCUT2D eigenvalue weighted by Gasteiger charge is -2.43. The number of carbonyl (C=O) groups is 1. The molecule has 3 heterocycles. The predicted octanol–water partition coefficient (Wildman–Crippen LogP) is 2.57. The first-order valence-corrected chi connectivity index (χ1v) is 10.5. The van der Waals surface area contributed by atoms with Gasteiger partial charge in [-0.3, -0.25) is 15.2 Å². The zero-order valence-electron chi connectivity index (χ0n) is 16.5. The number of rotatable bonds is 3. The number of ether oxygens (including phenoxy) is 1. The summed E-state index contributed by atoms with van der Waals surface area (Å²) in [5.41, 5.74) is -3.31. The van der Waals surface area contributed by atoms with Crippen LogP contribution in [0.4, 0.5) is 23.2 Å². The molecule has 3 unspecified atom stereocenters. The maximum atomic E-state index is 14.8. The van der Waals surface area contributed by atoms with Gasteiger partial charge in [0, 0.05) is 23.9 Å². The SMILES string of the molecule is CN1C(=N)NC2(c3cc(NC(=O)c4ccc(C(F)(F)F)cn4)ccc3F)CCOC2[S+]1[O-]. The summed E-state index contributed by atoms with van der Waals surface area (Å²) in [6.07, 6.45) is -3.80. The Labute approximate surface area is 182 Å². The number of hydrogen-bond donors (Lipinski definition) is 3. The van der Waals surface area contributed by atoms with Crippen LogP contribution in [0.5, 0.6) is 0 Å². The number of nitrogens with zero attached hydrogens (tertiary/aromatic N) is 2. The summed E-state index contributed by atoms with van der Waals surface area (Å²) in [7, 11) is 1.45. The number of hydrogen-bond acceptors (Lipinski definition) is 5. The van der Waals surface area contributed by atoms with E-state index in [-0.39, 0.29) is 35.9 Å². The van der Waals surface area contributed by atoms with Gasteiger partial charge >= 0.3 is 6.18 Å². The molecule has 0 spiro atoms. The molecular weight excluding hydrogens is 454 g/mol. The highest BCUT2D eigenvalue weighted by molar-refractivity contribution is 7.90. The quantitative estimate of drug-likeness (QED) is 0.469. The molecule has 2 saturated heterocycles. The van der Waals surface area contributed by atoms with E-state index in [0.717, 1.165) is 18.2 Å². The Morgan fingerprint density at radius 1 is 1.41 bits per heavy atom. The van der Waals surface area contributed by atoms with Crippen LogP contribution in [0.2, 0.25) is 0 Å². The van der Waals surface area contributed by atoms with Crippen LogP contribution in [-0.2, 0) is 27.8 Å². The molecule has 2 aliphatic rings. The molecule has 0 radical (unpaired) electrons. The number of pyridine rings is 1. The minimum absolute atomic E-state index is 0.0457. The van der Waals surface area contributed by atoms with Crippen LogP contribution < -0.4 is 10.6 Å². The van der Waals surface area contributed by atoms with Crippen molar-refractivity contribution in [3.05, 3.63) is 59.2 Å². The Bertz CT molecular complexity index is 1070. The summed E-state index contributed by atoms with van der Waals surface area (Å²) in [6.45, 7) is 0.177. The second-order valence-corrected chi connectivity index (χ2v) is 8.78. The van der Waals surface area contributed by atoms with E-state index in [1.165, 1.54) is 23.5 Å². The molecule has 3 N–H and O–H groups in total. The topological polar surface area (TPSA) is 113 Å². The number of guanidine groups is 1. The Morgan fingerprint density at radius 2 is 2.16 bits per heavy atom. The number of carbonyl (C=O) groups excluding carboxylic acids is 1. The van der Waals surface area contributed by atoms with Crippen molar-refractivity contribution in [3.63, 3.8) is 0 Å². The molecule has 0 saturated carbocycles. The molecule has 2 aromatic rings. The lowest BCUT2D eigenvalue weighted by atomic mass is 9.87. The second-order valence-electron chi connectivity index (χ2n) is 7.25. The Kier molecular flexibility index (Phi) is 5.51. The summed E-state index contributed by atoms with van der Waals surface area (Å²) in [5, 5.41) is 13.4. The van der Waals surface area contributed by atoms with E-state index in [9.17, 15) is 26.9 Å². The van der Waals surface area contributed by atoms with Crippen LogP contribution in [0.25, 0.3) is 0 Å². The number of amides is 1. The maximum Gasteiger partial charge on any atom is 0.417 e. The van der Waals surface area contributed by atoms with Gasteiger partial charge in [-0.05, 0) is 30.3 Å². The molecule has 170 valence electrons. The largest absolute Gasteiger partial charge is 0.591 e. The van der Waals surface area contributed by atoms with E-state index >= 15 is 0 Å². The second kappa shape index (κ2) is 7.90. The van der Waals surface area contributed by atoms with Crippen molar-refractivity contribution in [2.24, 2.45) is 0 Å². The van der Waals surface area contributed by atoms with Crippen LogP contribution in [0.15, 0.2) is 36.5 Å². The number of halogens is 4. The van der Waals surface area contributed by atoms with Crippen LogP contribution in [0.1, 0.15) is 28.0 Å². The molecule has 1 aromatic carbocycles. The highest BCUT2D eigenvalue weighted by Gasteiger charge is 2.60. The van der Waals surface area contributed by atoms with E-state index in [1.54, 1.807) is 0 Å². The number of alkyl halides is 3. The van der Waals surface area contributed by atoms with Gasteiger partial charge in [0.1, 0.15) is 28.4 Å². The number of benzene rings is 1. The fourth-order valence-electron chi connectivity index (χ4n) is 3.63. The third-order valence-electron chi connectivity index (χ3n) is 5.31. The summed E-state index contributed by atoms with van der Waals surface area (Å²) in [5.74, 6) is -1.62. The minimum atomic E-state index is -4.58. The summed E-state index contributed by atoms with van der Waals surface area (Å²) >= 11 is -1.76. The van der Waals surface area contributed by atoms with Crippen molar-refractivity contribution in [1.82, 2.24) is 14.6 Å². The summed E-state index contributed by atoms with van der Waals surface area (Å²) in [4.78, 5) is 16.0. The molecule has 13 heteroatoms. The summed E-state index contributed by atoms with van der Waals surface area (Å²) < 4.78 is 72.3. The van der Waals surface area contributed by atoms with E-state index in [2.05, 4.69) is 15.6 Å². The van der Waals surface area contributed by atoms with Crippen LogP contribution in [0.3, 0.4) is 0 Å². The first-order valence-electron chi connectivity index (χ1n) is 9.30. The average molecular weight is 471 g/mol. The zero-order valence-corrected chi connectivity index (χ0v) is 17.3. The van der Waals surface area contributed by atoms with Crippen LogP contribution in [-0.4, -0.2) is 44.8 Å². The molecule has 0 bridgehead atoms. The van der Waals surface area contributed by atoms with Crippen LogP contribution >= 0.6 is 0 Å². The van der Waals surface area contributed by atoms with Crippen molar-refractivity contribution in [2.45, 2.75) is 23.6 Å². The van der Waals surface area contributed by atoms with Crippen molar-refractivity contribution in [1.29, 1.82) is 5.41 Å². The van der Waals surface area contributed by atoms with E-state index in [1.807, 2.05) is 0 Å². The number of aromatic nitrogens is 1. The van der Waals surface area contributed by atoms with Gasteiger partial charge in [0.2, 0.25) is 5.96 Å². The number of nitrogens with one attached hydrogen (secondary N) is 3. The van der Waals surface area contributed by atoms with E-state index in [4.69, 9.17) is 10.1 Å². The van der Waals surface area contributed by atoms with Gasteiger partial charge in [0.05, 0.1) is 19.2 Å². The molecule has 3 atom stereocenters. The van der Waals surface area contributed by atoms with E-state index in [0.29, 0.717) is 6.20 Å². The van der Waals surface area contributed by atoms with E-state index < -0.39 is 45.8 Å². The highest BCUT2D eigenvalue weighted by Crippen LogP contribution is 2.43. The van der Waals surface area contributed by atoms with Gasteiger partial charge in [0.25, 0.3) is 11.3 Å². The van der Waals surface area contributed by atoms with Gasteiger partial charge in [0.15, 0.2) is 0 Å². The fraction of sp³-hybridized carbons (Fsp3) is 0.316. The first kappa shape index (κ1) is 22.3. The Balaban J connectivity index is 1.62. The molecule has 1 amide bonds. The van der Waals surface area contributed by atoms with Crippen molar-refractivity contribution in [2.75, 3.05) is 19.0 Å². The molecule has 32 heavy (non-hydrogen) atoms. The van der Waals surface area contributed by atoms with Gasteiger partial charge in [-0.1, -0.05) is 0 Å². The third kappa shape index (κ3) is 3.76. The standard InChI is InChI=1S/C19H17F4N5O3S/c1-28-17(24)27-18(6-7-31-16(18)32(28)30)12-8-11(3-4-13(12)20)26-15(29)14-5-2-10(9-25-14)19(21,22)23/h2-5,8-9,16H,6-7H2,1H3,(H2,24,27)(H,26,29). The minimum Gasteiger partial charge on any atom is -0.591 e. The van der Waals surface area contributed by atoms with Gasteiger partial charge < -0.3 is 19.9 Å². The smallest absolute Gasteiger partial charge is 0.417 e. The number of fused-ring (bicyclic) bond motifs is 1. The Hall–Kier alpha value is -2.90. The molecule has 2 aliphatic heterocycles. The molecule has 2 fully saturated rings. The maximum absolute atomic E-state index is 14.8. The normalized spacial score (nSPS) is 25.3. The lowest BCUT2D eigenvalue weighted by molar-refractivity contribution is -0.137. The van der Waals surface area contributed by atoms with Crippen molar-refractivity contribution < 1.29 is 31.6 Å². The molecule has 0 aliphatic carbocycles. The predicted molar refractivity (Wildman–Crippen MR) is 106 cm³/mol. The third-order valence-corrected chi connectivity index (χ3v) is 6.93. The highest BCUT2D eigenvalue weighted by atomic mass is 32.2. The zero-order chi connectivity index (χ0) is 23.3. The Morgan fingerprint density at radius 3 is 2.81 bits per heavy atom. The van der Waals surface area contributed by atoms with Gasteiger partial charge in [-0.15, -0.1) is 0 Å². The fourth-order valence-corrected chi connectivity index (χ4v) is 5.00.